The van der Waals surface area contributed by atoms with Gasteiger partial charge in [-0.2, -0.15) is 0 Å². The highest BCUT2D eigenvalue weighted by atomic mass is 16.7. The average molecular weight is 438 g/mol. The molecule has 1 N–H and O–H groups in total. The van der Waals surface area contributed by atoms with E-state index in [2.05, 4.69) is 0 Å². The first-order valence-electron chi connectivity index (χ1n) is 9.58. The molecule has 1 heterocycles. The number of benzene rings is 1. The highest BCUT2D eigenvalue weighted by Gasteiger charge is 2.50. The Balaban J connectivity index is 2.49. The number of methoxy groups -OCH3 is 1. The van der Waals surface area contributed by atoms with Gasteiger partial charge in [-0.15, -0.1) is 0 Å². The number of aliphatic hydroxyl groups excluding tert-OH is 1. The maximum Gasteiger partial charge on any atom is 0.341 e. The topological polar surface area (TPSA) is 135 Å². The molecule has 0 radical (unpaired) electrons. The summed E-state index contributed by atoms with van der Waals surface area (Å²) in [5, 5.41) is 9.35. The molecule has 5 atom stereocenters. The maximum atomic E-state index is 12.2. The molecule has 0 spiro atoms. The van der Waals surface area contributed by atoms with Crippen molar-refractivity contribution in [2.75, 3.05) is 7.11 Å². The Labute approximate surface area is 179 Å². The second kappa shape index (κ2) is 10.4. The van der Waals surface area contributed by atoms with Gasteiger partial charge in [-0.05, 0) is 24.6 Å². The van der Waals surface area contributed by atoms with E-state index in [-0.39, 0.29) is 23.7 Å². The molecule has 0 saturated carbocycles. The zero-order valence-electron chi connectivity index (χ0n) is 17.9. The Bertz CT molecular complexity index is 849. The third-order valence-electron chi connectivity index (χ3n) is 4.75. The summed E-state index contributed by atoms with van der Waals surface area (Å²) in [7, 11) is 1.18. The molecular formula is C21H26O10. The van der Waals surface area contributed by atoms with Gasteiger partial charge in [0.05, 0.1) is 13.7 Å². The number of rotatable bonds is 7. The van der Waals surface area contributed by atoms with E-state index in [9.17, 15) is 24.3 Å². The molecule has 1 saturated heterocycles. The SMILES string of the molecule is COC(=O)c1cc(CO)ccc1O[C@@H]1O[C@H](C(C)=O)[C@@H](C)[C@H](OC(C)=O)[C@H]1OC(C)=O. The van der Waals surface area contributed by atoms with Crippen LogP contribution in [0.1, 0.15) is 43.6 Å². The molecule has 2 rings (SSSR count). The molecule has 170 valence electrons. The monoisotopic (exact) mass is 438 g/mol. The van der Waals surface area contributed by atoms with E-state index in [1.165, 1.54) is 46.1 Å². The lowest BCUT2D eigenvalue weighted by Crippen LogP contribution is -2.59. The molecule has 1 fully saturated rings. The van der Waals surface area contributed by atoms with Crippen molar-refractivity contribution < 1.29 is 48.0 Å². The van der Waals surface area contributed by atoms with Gasteiger partial charge in [-0.25, -0.2) is 4.79 Å². The first-order chi connectivity index (χ1) is 14.6. The van der Waals surface area contributed by atoms with E-state index in [0.29, 0.717) is 5.56 Å². The minimum Gasteiger partial charge on any atom is -0.465 e. The van der Waals surface area contributed by atoms with Crippen LogP contribution in [0.3, 0.4) is 0 Å². The van der Waals surface area contributed by atoms with Gasteiger partial charge in [0, 0.05) is 19.8 Å². The molecule has 1 aliphatic heterocycles. The van der Waals surface area contributed by atoms with Gasteiger partial charge < -0.3 is 28.8 Å². The van der Waals surface area contributed by atoms with E-state index < -0.39 is 48.4 Å². The lowest BCUT2D eigenvalue weighted by molar-refractivity contribution is -0.261. The van der Waals surface area contributed by atoms with Crippen LogP contribution in [0.2, 0.25) is 0 Å². The fraction of sp³-hybridized carbons (Fsp3) is 0.524. The van der Waals surface area contributed by atoms with Gasteiger partial charge in [0.25, 0.3) is 0 Å². The molecule has 31 heavy (non-hydrogen) atoms. The molecule has 1 aliphatic rings. The van der Waals surface area contributed by atoms with Crippen molar-refractivity contribution >= 4 is 23.7 Å². The van der Waals surface area contributed by atoms with Crippen LogP contribution in [0.4, 0.5) is 0 Å². The molecule has 1 aromatic carbocycles. The minimum atomic E-state index is -1.37. The van der Waals surface area contributed by atoms with Crippen LogP contribution in [0.15, 0.2) is 18.2 Å². The van der Waals surface area contributed by atoms with Crippen molar-refractivity contribution in [2.24, 2.45) is 5.92 Å². The number of carbonyl (C=O) groups is 4. The van der Waals surface area contributed by atoms with Crippen LogP contribution in [0.5, 0.6) is 5.75 Å². The van der Waals surface area contributed by atoms with E-state index in [1.54, 1.807) is 6.92 Å². The van der Waals surface area contributed by atoms with Gasteiger partial charge in [-0.3, -0.25) is 14.4 Å². The summed E-state index contributed by atoms with van der Waals surface area (Å²) in [5.74, 6) is -3.04. The summed E-state index contributed by atoms with van der Waals surface area (Å²) in [6, 6.07) is 4.30. The summed E-state index contributed by atoms with van der Waals surface area (Å²) in [6.07, 6.45) is -4.64. The largest absolute Gasteiger partial charge is 0.465 e. The van der Waals surface area contributed by atoms with Crippen molar-refractivity contribution in [1.29, 1.82) is 0 Å². The van der Waals surface area contributed by atoms with Crippen molar-refractivity contribution in [2.45, 2.75) is 58.9 Å². The summed E-state index contributed by atoms with van der Waals surface area (Å²) < 4.78 is 27.0. The van der Waals surface area contributed by atoms with Gasteiger partial charge in [0.2, 0.25) is 12.4 Å². The van der Waals surface area contributed by atoms with Gasteiger partial charge in [-0.1, -0.05) is 13.0 Å². The van der Waals surface area contributed by atoms with Crippen LogP contribution >= 0.6 is 0 Å². The molecule has 10 heteroatoms. The highest BCUT2D eigenvalue weighted by Crippen LogP contribution is 2.34. The predicted molar refractivity (Wildman–Crippen MR) is 104 cm³/mol. The maximum absolute atomic E-state index is 12.2. The second-order valence-corrected chi connectivity index (χ2v) is 7.14. The van der Waals surface area contributed by atoms with Crippen LogP contribution in [-0.4, -0.2) is 60.5 Å². The Morgan fingerprint density at radius 3 is 2.16 bits per heavy atom. The third kappa shape index (κ3) is 5.80. The fourth-order valence-corrected chi connectivity index (χ4v) is 3.39. The van der Waals surface area contributed by atoms with E-state index in [1.807, 2.05) is 0 Å². The molecule has 0 unspecified atom stereocenters. The average Bonchev–Trinajstić information content (AvgIpc) is 2.71. The third-order valence-corrected chi connectivity index (χ3v) is 4.75. The molecular weight excluding hydrogens is 412 g/mol. The number of carbonyl (C=O) groups excluding carboxylic acids is 4. The number of hydrogen-bond acceptors (Lipinski definition) is 10. The molecule has 1 aromatic rings. The van der Waals surface area contributed by atoms with E-state index in [4.69, 9.17) is 23.7 Å². The van der Waals surface area contributed by atoms with E-state index in [0.717, 1.165) is 0 Å². The summed E-state index contributed by atoms with van der Waals surface area (Å²) in [5.41, 5.74) is 0.420. The van der Waals surface area contributed by atoms with Gasteiger partial charge in [0.1, 0.15) is 17.4 Å². The smallest absolute Gasteiger partial charge is 0.341 e. The fourth-order valence-electron chi connectivity index (χ4n) is 3.39. The molecule has 10 nitrogen and oxygen atoms in total. The van der Waals surface area contributed by atoms with Crippen molar-refractivity contribution in [1.82, 2.24) is 0 Å². The lowest BCUT2D eigenvalue weighted by atomic mass is 9.88. The number of hydrogen-bond donors (Lipinski definition) is 1. The van der Waals surface area contributed by atoms with Gasteiger partial charge >= 0.3 is 17.9 Å². The van der Waals surface area contributed by atoms with E-state index >= 15 is 0 Å². The van der Waals surface area contributed by atoms with Crippen LogP contribution in [-0.2, 0) is 39.9 Å². The second-order valence-electron chi connectivity index (χ2n) is 7.14. The first-order valence-corrected chi connectivity index (χ1v) is 9.58. The first kappa shape index (κ1) is 24.3. The van der Waals surface area contributed by atoms with Gasteiger partial charge in [0.15, 0.2) is 11.9 Å². The van der Waals surface area contributed by atoms with Crippen LogP contribution < -0.4 is 4.74 Å². The Morgan fingerprint density at radius 1 is 1.03 bits per heavy atom. The minimum absolute atomic E-state index is 0.00429. The molecule has 0 amide bonds. The number of esters is 3. The zero-order valence-corrected chi connectivity index (χ0v) is 17.9. The molecule has 0 aromatic heterocycles. The number of ether oxygens (including phenoxy) is 5. The van der Waals surface area contributed by atoms with Crippen molar-refractivity contribution in [3.63, 3.8) is 0 Å². The highest BCUT2D eigenvalue weighted by molar-refractivity contribution is 5.92. The summed E-state index contributed by atoms with van der Waals surface area (Å²) in [4.78, 5) is 47.7. The lowest BCUT2D eigenvalue weighted by Gasteiger charge is -2.43. The van der Waals surface area contributed by atoms with Crippen LogP contribution in [0.25, 0.3) is 0 Å². The zero-order chi connectivity index (χ0) is 23.3. The summed E-state index contributed by atoms with van der Waals surface area (Å²) in [6.45, 7) is 4.97. The quantitative estimate of drug-likeness (QED) is 0.488. The number of aliphatic hydroxyl groups is 1. The van der Waals surface area contributed by atoms with Crippen LogP contribution in [0, 0.1) is 5.92 Å². The normalized spacial score (nSPS) is 25.3. The number of Topliss-reactive ketones (excluding diaryl/α,β-unsaturated/α-hetero) is 1. The Kier molecular flexibility index (Phi) is 8.12. The summed E-state index contributed by atoms with van der Waals surface area (Å²) >= 11 is 0. The predicted octanol–water partition coefficient (Wildman–Crippen LogP) is 1.16. The van der Waals surface area contributed by atoms with Crippen molar-refractivity contribution in [3.8, 4) is 5.75 Å². The standard InChI is InChI=1S/C21H26O10/c1-10-17(11(2)23)31-21(19(29-13(4)25)18(10)28-12(3)24)30-16-7-6-14(9-22)8-15(16)20(26)27-5/h6-8,10,17-19,21-22H,9H2,1-5H3/t10-,17+,18+,19-,21-/m1/s1. The number of ketones is 1. The molecule has 0 bridgehead atoms. The molecule has 0 aliphatic carbocycles. The van der Waals surface area contributed by atoms with Crippen molar-refractivity contribution in [3.05, 3.63) is 29.3 Å². The Morgan fingerprint density at radius 2 is 1.65 bits per heavy atom. The Hall–Kier alpha value is -2.98.